The largest absolute Gasteiger partial charge is 0.303 e. The van der Waals surface area contributed by atoms with Gasteiger partial charge in [-0.05, 0) is 56.0 Å². The molecule has 0 N–H and O–H groups in total. The lowest BCUT2D eigenvalue weighted by molar-refractivity contribution is 0.202. The lowest BCUT2D eigenvalue weighted by Crippen LogP contribution is -2.35. The molecule has 1 atom stereocenters. The predicted molar refractivity (Wildman–Crippen MR) is 105 cm³/mol. The van der Waals surface area contributed by atoms with Gasteiger partial charge in [0, 0.05) is 13.1 Å². The summed E-state index contributed by atoms with van der Waals surface area (Å²) in [6.45, 7) is 4.04. The summed E-state index contributed by atoms with van der Waals surface area (Å²) in [5.41, 5.74) is 2.29. The summed E-state index contributed by atoms with van der Waals surface area (Å²) in [5, 5.41) is 0.706. The molecule has 2 heterocycles. The first kappa shape index (κ1) is 17.0. The normalized spacial score (nSPS) is 18.2. The number of fused-ring (bicyclic) bond motifs is 1. The summed E-state index contributed by atoms with van der Waals surface area (Å²) in [7, 11) is 0. The van der Waals surface area contributed by atoms with Gasteiger partial charge in [0.1, 0.15) is 0 Å². The number of para-hydroxylation sites is 1. The Morgan fingerprint density at radius 2 is 1.81 bits per heavy atom. The van der Waals surface area contributed by atoms with Crippen molar-refractivity contribution in [2.75, 3.05) is 19.6 Å². The first-order valence-corrected chi connectivity index (χ1v) is 9.53. The van der Waals surface area contributed by atoms with Crippen molar-refractivity contribution in [2.45, 2.75) is 31.7 Å². The minimum Gasteiger partial charge on any atom is -0.303 e. The molecular weight excluding hydrogens is 322 g/mol. The topological polar surface area (TPSA) is 38.1 Å². The smallest absolute Gasteiger partial charge is 0.261 e. The first-order chi connectivity index (χ1) is 12.8. The Morgan fingerprint density at radius 3 is 2.69 bits per heavy atom. The zero-order valence-electron chi connectivity index (χ0n) is 15.1. The fourth-order valence-corrected chi connectivity index (χ4v) is 3.99. The molecule has 1 aromatic heterocycles. The molecule has 134 valence electrons. The van der Waals surface area contributed by atoms with Gasteiger partial charge >= 0.3 is 0 Å². The Hall–Kier alpha value is -2.46. The van der Waals surface area contributed by atoms with Crippen molar-refractivity contribution in [3.8, 4) is 0 Å². The number of hydrogen-bond acceptors (Lipinski definition) is 3. The van der Waals surface area contributed by atoms with E-state index in [1.165, 1.54) is 18.4 Å². The fourth-order valence-electron chi connectivity index (χ4n) is 3.99. The van der Waals surface area contributed by atoms with Crippen LogP contribution in [-0.2, 0) is 6.54 Å². The summed E-state index contributed by atoms with van der Waals surface area (Å²) in [5.74, 6) is 0.634. The van der Waals surface area contributed by atoms with Crippen LogP contribution in [0.1, 0.15) is 30.7 Å². The molecule has 0 radical (unpaired) electrons. The molecule has 2 aromatic carbocycles. The van der Waals surface area contributed by atoms with Gasteiger partial charge < -0.3 is 4.90 Å². The SMILES string of the molecule is O=c1c2ccccc2ncn1CCCN1CCCC(c2ccccc2)C1. The van der Waals surface area contributed by atoms with Crippen LogP contribution >= 0.6 is 0 Å². The fraction of sp³-hybridized carbons (Fsp3) is 0.364. The Morgan fingerprint density at radius 1 is 1.00 bits per heavy atom. The van der Waals surface area contributed by atoms with Gasteiger partial charge in [0.05, 0.1) is 17.2 Å². The second-order valence-corrected chi connectivity index (χ2v) is 7.16. The Balaban J connectivity index is 1.36. The summed E-state index contributed by atoms with van der Waals surface area (Å²) in [6.07, 6.45) is 5.18. The molecule has 0 saturated carbocycles. The first-order valence-electron chi connectivity index (χ1n) is 9.53. The van der Waals surface area contributed by atoms with Crippen LogP contribution in [0.15, 0.2) is 65.7 Å². The van der Waals surface area contributed by atoms with Gasteiger partial charge in [-0.3, -0.25) is 9.36 Å². The number of aryl methyl sites for hydroxylation is 1. The zero-order chi connectivity index (χ0) is 17.8. The minimum absolute atomic E-state index is 0.0661. The van der Waals surface area contributed by atoms with Gasteiger partial charge in [0.25, 0.3) is 5.56 Å². The number of hydrogen-bond donors (Lipinski definition) is 0. The van der Waals surface area contributed by atoms with Crippen molar-refractivity contribution in [3.05, 3.63) is 76.8 Å². The molecule has 0 aliphatic carbocycles. The van der Waals surface area contributed by atoms with Crippen LogP contribution in [0.2, 0.25) is 0 Å². The van der Waals surface area contributed by atoms with E-state index >= 15 is 0 Å². The summed E-state index contributed by atoms with van der Waals surface area (Å²) >= 11 is 0. The van der Waals surface area contributed by atoms with Crippen molar-refractivity contribution >= 4 is 10.9 Å². The molecule has 1 aliphatic rings. The van der Waals surface area contributed by atoms with Crippen LogP contribution in [0, 0.1) is 0 Å². The number of nitrogens with zero attached hydrogens (tertiary/aromatic N) is 3. The lowest BCUT2D eigenvalue weighted by Gasteiger charge is -2.33. The van der Waals surface area contributed by atoms with Crippen molar-refractivity contribution in [1.29, 1.82) is 0 Å². The quantitative estimate of drug-likeness (QED) is 0.707. The molecule has 4 rings (SSSR count). The monoisotopic (exact) mass is 347 g/mol. The van der Waals surface area contributed by atoms with Gasteiger partial charge in [-0.1, -0.05) is 42.5 Å². The van der Waals surface area contributed by atoms with Crippen LogP contribution in [0.4, 0.5) is 0 Å². The Bertz CT molecular complexity index is 919. The maximum Gasteiger partial charge on any atom is 0.261 e. The van der Waals surface area contributed by atoms with E-state index in [1.807, 2.05) is 24.3 Å². The Kier molecular flexibility index (Phi) is 5.12. The molecular formula is C22H25N3O. The molecule has 4 heteroatoms. The second-order valence-electron chi connectivity index (χ2n) is 7.16. The van der Waals surface area contributed by atoms with Crippen molar-refractivity contribution < 1.29 is 0 Å². The maximum atomic E-state index is 12.6. The average Bonchev–Trinajstić information content (AvgIpc) is 2.71. The number of piperidine rings is 1. The molecule has 0 amide bonds. The van der Waals surface area contributed by atoms with Crippen LogP contribution < -0.4 is 5.56 Å². The van der Waals surface area contributed by atoms with Crippen molar-refractivity contribution in [1.82, 2.24) is 14.5 Å². The van der Waals surface area contributed by atoms with Crippen LogP contribution in [0.3, 0.4) is 0 Å². The van der Waals surface area contributed by atoms with E-state index in [0.29, 0.717) is 11.3 Å². The molecule has 3 aromatic rings. The minimum atomic E-state index is 0.0661. The van der Waals surface area contributed by atoms with Gasteiger partial charge in [0.15, 0.2) is 0 Å². The highest BCUT2D eigenvalue weighted by atomic mass is 16.1. The number of rotatable bonds is 5. The third-order valence-corrected chi connectivity index (χ3v) is 5.38. The Labute approximate surface area is 154 Å². The number of aromatic nitrogens is 2. The van der Waals surface area contributed by atoms with Crippen LogP contribution in [0.25, 0.3) is 10.9 Å². The van der Waals surface area contributed by atoms with Gasteiger partial charge in [-0.25, -0.2) is 4.98 Å². The predicted octanol–water partition coefficient (Wildman–Crippen LogP) is 3.67. The zero-order valence-corrected chi connectivity index (χ0v) is 15.1. The van der Waals surface area contributed by atoms with E-state index < -0.39 is 0 Å². The van der Waals surface area contributed by atoms with Crippen molar-refractivity contribution in [3.63, 3.8) is 0 Å². The van der Waals surface area contributed by atoms with Crippen LogP contribution in [-0.4, -0.2) is 34.1 Å². The van der Waals surface area contributed by atoms with E-state index in [0.717, 1.165) is 38.1 Å². The highest BCUT2D eigenvalue weighted by Gasteiger charge is 2.20. The van der Waals surface area contributed by atoms with E-state index in [4.69, 9.17) is 0 Å². The van der Waals surface area contributed by atoms with Gasteiger partial charge in [-0.15, -0.1) is 0 Å². The highest BCUT2D eigenvalue weighted by Crippen LogP contribution is 2.26. The van der Waals surface area contributed by atoms with E-state index in [-0.39, 0.29) is 5.56 Å². The van der Waals surface area contributed by atoms with E-state index in [9.17, 15) is 4.79 Å². The summed E-state index contributed by atoms with van der Waals surface area (Å²) < 4.78 is 1.75. The highest BCUT2D eigenvalue weighted by molar-refractivity contribution is 5.76. The molecule has 0 bridgehead atoms. The summed E-state index contributed by atoms with van der Waals surface area (Å²) in [4.78, 5) is 19.5. The molecule has 26 heavy (non-hydrogen) atoms. The number of likely N-dealkylation sites (tertiary alicyclic amines) is 1. The average molecular weight is 347 g/mol. The molecule has 0 spiro atoms. The molecule has 1 fully saturated rings. The molecule has 1 saturated heterocycles. The molecule has 4 nitrogen and oxygen atoms in total. The molecule has 1 unspecified atom stereocenters. The molecule has 1 aliphatic heterocycles. The number of benzene rings is 2. The summed E-state index contributed by atoms with van der Waals surface area (Å²) in [6, 6.07) is 18.4. The maximum absolute atomic E-state index is 12.6. The van der Waals surface area contributed by atoms with Crippen LogP contribution in [0.5, 0.6) is 0 Å². The standard InChI is InChI=1S/C22H25N3O/c26-22-20-11-4-5-12-21(20)23-17-25(22)15-7-14-24-13-6-10-19(16-24)18-8-2-1-3-9-18/h1-5,8-9,11-12,17,19H,6-7,10,13-16H2. The van der Waals surface area contributed by atoms with Crippen molar-refractivity contribution in [2.24, 2.45) is 0 Å². The third-order valence-electron chi connectivity index (χ3n) is 5.38. The van der Waals surface area contributed by atoms with Gasteiger partial charge in [0.2, 0.25) is 0 Å². The van der Waals surface area contributed by atoms with E-state index in [2.05, 4.69) is 40.2 Å². The second kappa shape index (κ2) is 7.83. The third kappa shape index (κ3) is 3.70. The van der Waals surface area contributed by atoms with E-state index in [1.54, 1.807) is 10.9 Å². The lowest BCUT2D eigenvalue weighted by atomic mass is 9.90. The van der Waals surface area contributed by atoms with Gasteiger partial charge in [-0.2, -0.15) is 0 Å².